The van der Waals surface area contributed by atoms with E-state index in [9.17, 15) is 0 Å². The van der Waals surface area contributed by atoms with E-state index in [4.69, 9.17) is 24.1 Å². The number of nitrogens with zero attached hydrogens (tertiary/aromatic N) is 5. The molecular formula is C25H46N6O4Si2. The minimum atomic E-state index is -1.96. The van der Waals surface area contributed by atoms with Gasteiger partial charge in [0.1, 0.15) is 30.8 Å². The summed E-state index contributed by atoms with van der Waals surface area (Å²) in [6.07, 6.45) is 2.45. The van der Waals surface area contributed by atoms with Crippen LogP contribution in [0, 0.1) is 0 Å². The van der Waals surface area contributed by atoms with Gasteiger partial charge in [0.05, 0.1) is 19.0 Å². The number of ether oxygens (including phenoxy) is 2. The van der Waals surface area contributed by atoms with Crippen molar-refractivity contribution in [2.45, 2.75) is 102 Å². The average Bonchev–Trinajstić information content (AvgIpc) is 3.46. The number of hydrogen-bond acceptors (Lipinski definition) is 9. The largest absolute Gasteiger partial charge is 0.416 e. The summed E-state index contributed by atoms with van der Waals surface area (Å²) in [6, 6.07) is 0.0365. The fraction of sp³-hybridized carbons (Fsp3) is 0.800. The number of imidazole rings is 1. The molecular weight excluding hydrogens is 504 g/mol. The van der Waals surface area contributed by atoms with E-state index in [1.54, 1.807) is 6.33 Å². The molecule has 2 aromatic rings. The lowest BCUT2D eigenvalue weighted by Crippen LogP contribution is -2.48. The summed E-state index contributed by atoms with van der Waals surface area (Å²) in [5.74, 6) is 0.354. The van der Waals surface area contributed by atoms with Gasteiger partial charge in [-0.1, -0.05) is 41.5 Å². The molecule has 2 N–H and O–H groups in total. The van der Waals surface area contributed by atoms with Gasteiger partial charge in [-0.05, 0) is 36.3 Å². The fourth-order valence-corrected chi connectivity index (χ4v) is 6.43. The van der Waals surface area contributed by atoms with Gasteiger partial charge in [-0.25, -0.2) is 15.0 Å². The van der Waals surface area contributed by atoms with E-state index in [0.29, 0.717) is 36.9 Å². The van der Waals surface area contributed by atoms with Gasteiger partial charge >= 0.3 is 0 Å². The van der Waals surface area contributed by atoms with Crippen molar-refractivity contribution in [2.24, 2.45) is 0 Å². The van der Waals surface area contributed by atoms with E-state index in [2.05, 4.69) is 87.6 Å². The van der Waals surface area contributed by atoms with Crippen molar-refractivity contribution < 1.29 is 18.3 Å². The maximum absolute atomic E-state index is 6.68. The van der Waals surface area contributed by atoms with Gasteiger partial charge in [0, 0.05) is 13.2 Å². The Hall–Kier alpha value is -1.42. The summed E-state index contributed by atoms with van der Waals surface area (Å²) in [4.78, 5) is 15.3. The Morgan fingerprint density at radius 3 is 2.30 bits per heavy atom. The Balaban J connectivity index is 1.56. The minimum Gasteiger partial charge on any atom is -0.416 e. The first-order valence-electron chi connectivity index (χ1n) is 13.3. The lowest BCUT2D eigenvalue weighted by atomic mass is 10.1. The third kappa shape index (κ3) is 5.52. The quantitative estimate of drug-likeness (QED) is 0.479. The van der Waals surface area contributed by atoms with Gasteiger partial charge in [-0.2, -0.15) is 0 Å². The van der Waals surface area contributed by atoms with Crippen LogP contribution < -0.4 is 5.73 Å². The van der Waals surface area contributed by atoms with Gasteiger partial charge in [0.15, 0.2) is 34.3 Å². The molecule has 208 valence electrons. The molecule has 2 aromatic heterocycles. The lowest BCUT2D eigenvalue weighted by Gasteiger charge is -2.38. The van der Waals surface area contributed by atoms with Gasteiger partial charge in [0.25, 0.3) is 0 Å². The van der Waals surface area contributed by atoms with E-state index >= 15 is 0 Å². The maximum atomic E-state index is 6.68. The molecule has 2 saturated heterocycles. The Kier molecular flexibility index (Phi) is 7.69. The van der Waals surface area contributed by atoms with Crippen LogP contribution in [0.5, 0.6) is 0 Å². The number of rotatable bonds is 8. The molecule has 4 rings (SSSR count). The summed E-state index contributed by atoms with van der Waals surface area (Å²) in [5.41, 5.74) is 7.26. The van der Waals surface area contributed by atoms with Crippen LogP contribution in [0.15, 0.2) is 12.7 Å². The molecule has 2 aliphatic rings. The molecule has 0 aliphatic carbocycles. The molecule has 0 unspecified atom stereocenters. The second-order valence-electron chi connectivity index (χ2n) is 13.4. The summed E-state index contributed by atoms with van der Waals surface area (Å²) < 4.78 is 28.1. The number of anilines is 1. The highest BCUT2D eigenvalue weighted by atomic mass is 28.4. The Labute approximate surface area is 223 Å². The standard InChI is InChI=1S/C25H46N6O4Si2/c1-24(2,3)36(7,8)33-12-11-30-16-32-20-19(30)17(13-34-37(9,10)25(4,5)6)35-23(20)31-15-29-18-21(26)27-14-28-22(18)31/h14-15,17,19-20,23H,11-13,16H2,1-10H3,(H2,26,27,28)/t17-,19-,20+,23-/m1/s1. The number of hydrogen-bond donors (Lipinski definition) is 1. The highest BCUT2D eigenvalue weighted by Gasteiger charge is 2.54. The van der Waals surface area contributed by atoms with Crippen LogP contribution in [0.3, 0.4) is 0 Å². The van der Waals surface area contributed by atoms with Crippen molar-refractivity contribution in [1.82, 2.24) is 24.4 Å². The molecule has 0 amide bonds. The first-order valence-corrected chi connectivity index (χ1v) is 19.1. The lowest BCUT2D eigenvalue weighted by molar-refractivity contribution is -0.0837. The summed E-state index contributed by atoms with van der Waals surface area (Å²) in [5, 5.41) is 0.284. The first-order chi connectivity index (χ1) is 17.0. The van der Waals surface area contributed by atoms with Gasteiger partial charge in [-0.15, -0.1) is 0 Å². The van der Waals surface area contributed by atoms with Crippen LogP contribution in [0.4, 0.5) is 5.82 Å². The third-order valence-electron chi connectivity index (χ3n) is 8.89. The molecule has 0 bridgehead atoms. The van der Waals surface area contributed by atoms with E-state index < -0.39 is 16.6 Å². The van der Waals surface area contributed by atoms with E-state index in [1.807, 2.05) is 4.57 Å². The second-order valence-corrected chi connectivity index (χ2v) is 23.0. The number of aromatic nitrogens is 4. The molecule has 10 nitrogen and oxygen atoms in total. The highest BCUT2D eigenvalue weighted by molar-refractivity contribution is 6.74. The molecule has 0 aromatic carbocycles. The molecule has 4 atom stereocenters. The molecule has 0 saturated carbocycles. The smallest absolute Gasteiger partial charge is 0.192 e. The van der Waals surface area contributed by atoms with Gasteiger partial charge in [0.2, 0.25) is 0 Å². The molecule has 2 aliphatic heterocycles. The topological polar surface area (TPSA) is 110 Å². The zero-order valence-electron chi connectivity index (χ0n) is 24.2. The predicted molar refractivity (Wildman–Crippen MR) is 150 cm³/mol. The van der Waals surface area contributed by atoms with Crippen LogP contribution in [-0.4, -0.2) is 85.8 Å². The number of fused-ring (bicyclic) bond motifs is 2. The van der Waals surface area contributed by atoms with Crippen molar-refractivity contribution in [3.63, 3.8) is 0 Å². The van der Waals surface area contributed by atoms with Crippen LogP contribution in [0.2, 0.25) is 36.3 Å². The molecule has 0 radical (unpaired) electrons. The fourth-order valence-electron chi connectivity index (χ4n) is 4.38. The van der Waals surface area contributed by atoms with Crippen LogP contribution in [0.25, 0.3) is 11.2 Å². The molecule has 4 heterocycles. The molecule has 37 heavy (non-hydrogen) atoms. The Morgan fingerprint density at radius 1 is 1.00 bits per heavy atom. The summed E-state index contributed by atoms with van der Waals surface area (Å²) >= 11 is 0. The van der Waals surface area contributed by atoms with Gasteiger partial charge < -0.3 is 24.1 Å². The van der Waals surface area contributed by atoms with Crippen molar-refractivity contribution in [3.05, 3.63) is 12.7 Å². The average molecular weight is 551 g/mol. The Morgan fingerprint density at radius 2 is 1.65 bits per heavy atom. The van der Waals surface area contributed by atoms with Crippen molar-refractivity contribution in [2.75, 3.05) is 32.2 Å². The SMILES string of the molecule is CC(C)(C)[Si](C)(C)OCCN1CO[C@H]2[C@H]1[C@@H](CO[Si](C)(C)C(C)(C)C)O[C@H]2n1cnc2c(N)ncnc21. The third-order valence-corrected chi connectivity index (χ3v) is 17.9. The highest BCUT2D eigenvalue weighted by Crippen LogP contribution is 2.42. The first kappa shape index (κ1) is 28.6. The van der Waals surface area contributed by atoms with E-state index in [-0.39, 0.29) is 34.6 Å². The second kappa shape index (κ2) is 9.96. The van der Waals surface area contributed by atoms with E-state index in [1.165, 1.54) is 6.33 Å². The summed E-state index contributed by atoms with van der Waals surface area (Å²) in [6.45, 7) is 25.2. The zero-order valence-corrected chi connectivity index (χ0v) is 26.2. The molecule has 12 heteroatoms. The van der Waals surface area contributed by atoms with Crippen LogP contribution >= 0.6 is 0 Å². The summed E-state index contributed by atoms with van der Waals surface area (Å²) in [7, 11) is -3.80. The van der Waals surface area contributed by atoms with Crippen molar-refractivity contribution >= 4 is 33.6 Å². The predicted octanol–water partition coefficient (Wildman–Crippen LogP) is 4.38. The van der Waals surface area contributed by atoms with Crippen molar-refractivity contribution in [1.29, 1.82) is 0 Å². The normalized spacial score (nSPS) is 25.8. The van der Waals surface area contributed by atoms with Gasteiger partial charge in [-0.3, -0.25) is 9.47 Å². The minimum absolute atomic E-state index is 0.0365. The maximum Gasteiger partial charge on any atom is 0.192 e. The molecule has 2 fully saturated rings. The monoisotopic (exact) mass is 550 g/mol. The molecule has 0 spiro atoms. The number of nitrogen functional groups attached to an aromatic ring is 1. The van der Waals surface area contributed by atoms with Crippen molar-refractivity contribution in [3.8, 4) is 0 Å². The zero-order chi connectivity index (χ0) is 27.4. The Bertz CT molecular complexity index is 1100. The van der Waals surface area contributed by atoms with Crippen LogP contribution in [0.1, 0.15) is 47.8 Å². The number of nitrogens with two attached hydrogens (primary N) is 1. The van der Waals surface area contributed by atoms with Crippen LogP contribution in [-0.2, 0) is 18.3 Å². The van der Waals surface area contributed by atoms with E-state index in [0.717, 1.165) is 6.54 Å².